The van der Waals surface area contributed by atoms with E-state index < -0.39 is 5.60 Å². The van der Waals surface area contributed by atoms with Gasteiger partial charge in [-0.15, -0.1) is 0 Å². The second kappa shape index (κ2) is 4.82. The maximum absolute atomic E-state index is 11.5. The summed E-state index contributed by atoms with van der Waals surface area (Å²) in [6.07, 6.45) is 0.795. The third kappa shape index (κ3) is 3.57. The van der Waals surface area contributed by atoms with Crippen LogP contribution in [0, 0.1) is 0 Å². The average molecular weight is 242 g/mol. The van der Waals surface area contributed by atoms with Crippen LogP contribution in [0.15, 0.2) is 0 Å². The first-order valence-corrected chi connectivity index (χ1v) is 6.25. The first-order chi connectivity index (χ1) is 7.94. The van der Waals surface area contributed by atoms with Crippen LogP contribution in [0.4, 0.5) is 4.79 Å². The van der Waals surface area contributed by atoms with E-state index in [4.69, 9.17) is 9.47 Å². The second-order valence-corrected chi connectivity index (χ2v) is 5.81. The molecule has 1 N–H and O–H groups in total. The van der Waals surface area contributed by atoms with Crippen LogP contribution in [0.5, 0.6) is 0 Å². The van der Waals surface area contributed by atoms with Crippen molar-refractivity contribution in [2.24, 2.45) is 0 Å². The number of nitrogens with zero attached hydrogens (tertiary/aromatic N) is 1. The van der Waals surface area contributed by atoms with Crippen molar-refractivity contribution in [3.63, 3.8) is 0 Å². The van der Waals surface area contributed by atoms with Crippen LogP contribution in [0.3, 0.4) is 0 Å². The van der Waals surface area contributed by atoms with Crippen LogP contribution in [0.1, 0.15) is 27.2 Å². The zero-order valence-electron chi connectivity index (χ0n) is 10.9. The average Bonchev–Trinajstić information content (AvgIpc) is 2.59. The van der Waals surface area contributed by atoms with Crippen molar-refractivity contribution >= 4 is 6.09 Å². The Hall–Kier alpha value is -0.810. The minimum Gasteiger partial charge on any atom is -0.444 e. The molecule has 0 saturated carbocycles. The predicted octanol–water partition coefficient (Wildman–Crippen LogP) is 0.984. The van der Waals surface area contributed by atoms with Gasteiger partial charge in [-0.25, -0.2) is 4.79 Å². The molecule has 2 saturated heterocycles. The molecule has 98 valence electrons. The Balaban J connectivity index is 1.65. The molecular formula is C12H22N2O3. The molecule has 5 heteroatoms. The Kier molecular flexibility index (Phi) is 3.58. The smallest absolute Gasteiger partial charge is 0.407 e. The summed E-state index contributed by atoms with van der Waals surface area (Å²) >= 11 is 0. The minimum atomic E-state index is -0.424. The van der Waals surface area contributed by atoms with Crippen molar-refractivity contribution in [1.82, 2.24) is 10.2 Å². The summed E-state index contributed by atoms with van der Waals surface area (Å²) in [5, 5.41) is 2.88. The van der Waals surface area contributed by atoms with Crippen LogP contribution in [0.2, 0.25) is 0 Å². The Morgan fingerprint density at radius 3 is 2.65 bits per heavy atom. The topological polar surface area (TPSA) is 50.8 Å². The fraction of sp³-hybridized carbons (Fsp3) is 0.917. The zero-order chi connectivity index (χ0) is 12.5. The number of hydrogen-bond donors (Lipinski definition) is 1. The first-order valence-electron chi connectivity index (χ1n) is 6.25. The van der Waals surface area contributed by atoms with E-state index in [1.807, 2.05) is 20.8 Å². The largest absolute Gasteiger partial charge is 0.444 e. The predicted molar refractivity (Wildman–Crippen MR) is 64.0 cm³/mol. The molecule has 1 unspecified atom stereocenters. The lowest BCUT2D eigenvalue weighted by Gasteiger charge is -2.42. The van der Waals surface area contributed by atoms with E-state index in [1.54, 1.807) is 0 Å². The molecule has 0 bridgehead atoms. The summed E-state index contributed by atoms with van der Waals surface area (Å²) in [4.78, 5) is 13.9. The standard InChI is InChI=1S/C12H22N2O3/c1-12(2,3)17-11(15)13-9-6-14(7-9)10-4-5-16-8-10/h9-10H,4-8H2,1-3H3,(H,13,15). The molecule has 2 heterocycles. The number of rotatable bonds is 2. The molecule has 2 aliphatic rings. The minimum absolute atomic E-state index is 0.227. The van der Waals surface area contributed by atoms with E-state index in [0.717, 1.165) is 32.7 Å². The van der Waals surface area contributed by atoms with Gasteiger partial charge < -0.3 is 14.8 Å². The maximum atomic E-state index is 11.5. The van der Waals surface area contributed by atoms with Crippen molar-refractivity contribution < 1.29 is 14.3 Å². The lowest BCUT2D eigenvalue weighted by atomic mass is 10.1. The fourth-order valence-corrected chi connectivity index (χ4v) is 2.19. The highest BCUT2D eigenvalue weighted by Crippen LogP contribution is 2.19. The van der Waals surface area contributed by atoms with Crippen LogP contribution in [-0.2, 0) is 9.47 Å². The molecule has 17 heavy (non-hydrogen) atoms. The highest BCUT2D eigenvalue weighted by molar-refractivity contribution is 5.68. The third-order valence-electron chi connectivity index (χ3n) is 3.05. The molecule has 0 radical (unpaired) electrons. The van der Waals surface area contributed by atoms with Gasteiger partial charge in [0.05, 0.1) is 12.6 Å². The number of carbonyl (C=O) groups is 1. The Bertz CT molecular complexity index is 276. The normalized spacial score (nSPS) is 26.6. The molecule has 1 atom stereocenters. The van der Waals surface area contributed by atoms with Gasteiger partial charge in [-0.1, -0.05) is 0 Å². The van der Waals surface area contributed by atoms with E-state index in [9.17, 15) is 4.79 Å². The Morgan fingerprint density at radius 1 is 1.41 bits per heavy atom. The molecule has 0 aromatic rings. The zero-order valence-corrected chi connectivity index (χ0v) is 10.9. The van der Waals surface area contributed by atoms with Crippen LogP contribution in [-0.4, -0.2) is 55.0 Å². The van der Waals surface area contributed by atoms with Gasteiger partial charge in [-0.2, -0.15) is 0 Å². The van der Waals surface area contributed by atoms with E-state index >= 15 is 0 Å². The van der Waals surface area contributed by atoms with E-state index in [-0.39, 0.29) is 12.1 Å². The third-order valence-corrected chi connectivity index (χ3v) is 3.05. The number of hydrogen-bond acceptors (Lipinski definition) is 4. The van der Waals surface area contributed by atoms with Crippen molar-refractivity contribution in [1.29, 1.82) is 0 Å². The summed E-state index contributed by atoms with van der Waals surface area (Å²) in [7, 11) is 0. The number of nitrogens with one attached hydrogen (secondary N) is 1. The lowest BCUT2D eigenvalue weighted by Crippen LogP contribution is -2.62. The lowest BCUT2D eigenvalue weighted by molar-refractivity contribution is 0.0304. The highest BCUT2D eigenvalue weighted by Gasteiger charge is 2.35. The van der Waals surface area contributed by atoms with Gasteiger partial charge in [0.1, 0.15) is 5.60 Å². The second-order valence-electron chi connectivity index (χ2n) is 5.81. The monoisotopic (exact) mass is 242 g/mol. The van der Waals surface area contributed by atoms with Gasteiger partial charge in [0.25, 0.3) is 0 Å². The molecule has 2 aliphatic heterocycles. The molecular weight excluding hydrogens is 220 g/mol. The van der Waals surface area contributed by atoms with Gasteiger partial charge in [0, 0.05) is 25.7 Å². The van der Waals surface area contributed by atoms with Gasteiger partial charge in [0.15, 0.2) is 0 Å². The molecule has 2 fully saturated rings. The van der Waals surface area contributed by atoms with E-state index in [1.165, 1.54) is 0 Å². The van der Waals surface area contributed by atoms with E-state index in [2.05, 4.69) is 10.2 Å². The van der Waals surface area contributed by atoms with Crippen molar-refractivity contribution in [2.45, 2.75) is 44.9 Å². The Morgan fingerprint density at radius 2 is 2.12 bits per heavy atom. The number of carbonyl (C=O) groups excluding carboxylic acids is 1. The summed E-state index contributed by atoms with van der Waals surface area (Å²) < 4.78 is 10.6. The van der Waals surface area contributed by atoms with Gasteiger partial charge in [0.2, 0.25) is 0 Å². The van der Waals surface area contributed by atoms with Crippen LogP contribution >= 0.6 is 0 Å². The molecule has 2 rings (SSSR count). The molecule has 5 nitrogen and oxygen atoms in total. The van der Waals surface area contributed by atoms with Gasteiger partial charge in [-0.05, 0) is 27.2 Å². The Labute approximate surface area is 102 Å². The SMILES string of the molecule is CC(C)(C)OC(=O)NC1CN(C2CCOC2)C1. The number of amides is 1. The van der Waals surface area contributed by atoms with Crippen molar-refractivity contribution in [2.75, 3.05) is 26.3 Å². The van der Waals surface area contributed by atoms with Gasteiger partial charge in [-0.3, -0.25) is 4.90 Å². The summed E-state index contributed by atoms with van der Waals surface area (Å²) in [5.74, 6) is 0. The summed E-state index contributed by atoms with van der Waals surface area (Å²) in [6.45, 7) is 9.13. The highest BCUT2D eigenvalue weighted by atomic mass is 16.6. The summed E-state index contributed by atoms with van der Waals surface area (Å²) in [5.41, 5.74) is -0.424. The quantitative estimate of drug-likeness (QED) is 0.784. The maximum Gasteiger partial charge on any atom is 0.407 e. The molecule has 1 amide bonds. The number of ether oxygens (including phenoxy) is 2. The molecule has 0 aliphatic carbocycles. The fourth-order valence-electron chi connectivity index (χ4n) is 2.19. The van der Waals surface area contributed by atoms with Crippen molar-refractivity contribution in [3.05, 3.63) is 0 Å². The van der Waals surface area contributed by atoms with E-state index in [0.29, 0.717) is 6.04 Å². The molecule has 0 aromatic heterocycles. The molecule has 0 aromatic carbocycles. The number of likely N-dealkylation sites (tertiary alicyclic amines) is 1. The summed E-state index contributed by atoms with van der Waals surface area (Å²) in [6, 6.07) is 0.775. The first kappa shape index (κ1) is 12.6. The molecule has 0 spiro atoms. The van der Waals surface area contributed by atoms with Crippen molar-refractivity contribution in [3.8, 4) is 0 Å². The van der Waals surface area contributed by atoms with Crippen LogP contribution < -0.4 is 5.32 Å². The van der Waals surface area contributed by atoms with Crippen LogP contribution in [0.25, 0.3) is 0 Å². The number of alkyl carbamates (subject to hydrolysis) is 1. The van der Waals surface area contributed by atoms with Gasteiger partial charge >= 0.3 is 6.09 Å².